The lowest BCUT2D eigenvalue weighted by Gasteiger charge is -2.19. The van der Waals surface area contributed by atoms with Crippen LogP contribution in [0.25, 0.3) is 10.9 Å². The summed E-state index contributed by atoms with van der Waals surface area (Å²) in [5, 5.41) is 4.34. The van der Waals surface area contributed by atoms with Gasteiger partial charge in [0.1, 0.15) is 0 Å². The molecule has 1 aromatic heterocycles. The highest BCUT2D eigenvalue weighted by molar-refractivity contribution is 9.10. The van der Waals surface area contributed by atoms with Crippen LogP contribution in [0.5, 0.6) is 0 Å². The molecule has 128 valence electrons. The van der Waals surface area contributed by atoms with E-state index in [1.54, 1.807) is 0 Å². The first-order chi connectivity index (χ1) is 12.0. The molecule has 0 unspecified atom stereocenters. The molecule has 1 fully saturated rings. The molecule has 1 heterocycles. The summed E-state index contributed by atoms with van der Waals surface area (Å²) in [6.45, 7) is 2.43. The Kier molecular flexibility index (Phi) is 3.93. The van der Waals surface area contributed by atoms with Gasteiger partial charge in [0.2, 0.25) is 0 Å². The molecule has 1 amide bonds. The highest BCUT2D eigenvalue weighted by Gasteiger charge is 2.45. The van der Waals surface area contributed by atoms with Crippen LogP contribution in [0.1, 0.15) is 40.0 Å². The third-order valence-corrected chi connectivity index (χ3v) is 5.46. The summed E-state index contributed by atoms with van der Waals surface area (Å²) in [4.78, 5) is 16.2. The number of carbonyl (C=O) groups excluding carboxylic acids is 1. The maximum absolute atomic E-state index is 12.9. The van der Waals surface area contributed by atoms with E-state index in [1.165, 1.54) is 0 Å². The highest BCUT2D eigenvalue weighted by atomic mass is 79.9. The van der Waals surface area contributed by atoms with E-state index in [0.717, 1.165) is 45.0 Å². The van der Waals surface area contributed by atoms with Crippen molar-refractivity contribution in [3.63, 3.8) is 0 Å². The molecule has 4 rings (SSSR count). The first-order valence-electron chi connectivity index (χ1n) is 8.42. The number of benzene rings is 2. The number of amides is 1. The van der Waals surface area contributed by atoms with E-state index in [2.05, 4.69) is 38.4 Å². The van der Waals surface area contributed by atoms with Crippen LogP contribution in [0.4, 0.5) is 0 Å². The molecular weight excluding hydrogens is 378 g/mol. The van der Waals surface area contributed by atoms with Gasteiger partial charge in [0, 0.05) is 27.8 Å². The summed E-state index contributed by atoms with van der Waals surface area (Å²) in [7, 11) is 0. The Morgan fingerprint density at radius 2 is 2.08 bits per heavy atom. The van der Waals surface area contributed by atoms with Gasteiger partial charge in [-0.15, -0.1) is 0 Å². The zero-order valence-electron chi connectivity index (χ0n) is 14.0. The second-order valence-electron chi connectivity index (χ2n) is 6.80. The third kappa shape index (κ3) is 2.98. The minimum absolute atomic E-state index is 0.0271. The lowest BCUT2D eigenvalue weighted by molar-refractivity contribution is 0.0930. The van der Waals surface area contributed by atoms with Gasteiger partial charge in [0.05, 0.1) is 5.54 Å². The van der Waals surface area contributed by atoms with Gasteiger partial charge in [-0.25, -0.2) is 0 Å². The highest BCUT2D eigenvalue weighted by Crippen LogP contribution is 2.46. The van der Waals surface area contributed by atoms with Crippen molar-refractivity contribution in [1.82, 2.24) is 10.3 Å². The zero-order chi connectivity index (χ0) is 17.6. The maximum Gasteiger partial charge on any atom is 0.252 e. The Morgan fingerprint density at radius 3 is 2.76 bits per heavy atom. The number of H-pyrrole nitrogens is 1. The molecule has 4 nitrogen and oxygen atoms in total. The molecule has 0 spiro atoms. The van der Waals surface area contributed by atoms with Crippen molar-refractivity contribution in [2.24, 2.45) is 5.73 Å². The van der Waals surface area contributed by atoms with Crippen molar-refractivity contribution in [1.29, 1.82) is 0 Å². The molecule has 25 heavy (non-hydrogen) atoms. The zero-order valence-corrected chi connectivity index (χ0v) is 15.6. The average molecular weight is 398 g/mol. The Labute approximate surface area is 154 Å². The molecule has 0 bridgehead atoms. The molecular formula is C20H20BrN3O. The molecule has 4 N–H and O–H groups in total. The Bertz CT molecular complexity index is 972. The van der Waals surface area contributed by atoms with Gasteiger partial charge < -0.3 is 16.0 Å². The second kappa shape index (κ2) is 6.00. The van der Waals surface area contributed by atoms with Crippen LogP contribution in [0, 0.1) is 6.92 Å². The molecule has 3 aromatic rings. The van der Waals surface area contributed by atoms with Gasteiger partial charge in [-0.1, -0.05) is 28.1 Å². The van der Waals surface area contributed by atoms with Crippen molar-refractivity contribution < 1.29 is 4.79 Å². The van der Waals surface area contributed by atoms with Crippen molar-refractivity contribution in [3.8, 4) is 0 Å². The van der Waals surface area contributed by atoms with E-state index in [-0.39, 0.29) is 11.4 Å². The van der Waals surface area contributed by atoms with Crippen molar-refractivity contribution in [2.75, 3.05) is 0 Å². The van der Waals surface area contributed by atoms with Crippen molar-refractivity contribution in [2.45, 2.75) is 31.8 Å². The number of carbonyl (C=O) groups is 1. The average Bonchev–Trinajstić information content (AvgIpc) is 3.25. The smallest absolute Gasteiger partial charge is 0.252 e. The van der Waals surface area contributed by atoms with Crippen LogP contribution >= 0.6 is 15.9 Å². The quantitative estimate of drug-likeness (QED) is 0.619. The summed E-state index contributed by atoms with van der Waals surface area (Å²) in [6, 6.07) is 14.2. The van der Waals surface area contributed by atoms with Crippen LogP contribution in [0.15, 0.2) is 46.9 Å². The van der Waals surface area contributed by atoms with E-state index >= 15 is 0 Å². The third-order valence-electron chi connectivity index (χ3n) is 4.97. The van der Waals surface area contributed by atoms with Gasteiger partial charge in [-0.05, 0) is 66.6 Å². The van der Waals surface area contributed by atoms with Gasteiger partial charge in [-0.2, -0.15) is 0 Å². The van der Waals surface area contributed by atoms with Gasteiger partial charge >= 0.3 is 0 Å². The molecule has 1 aliphatic carbocycles. The molecule has 5 heteroatoms. The van der Waals surface area contributed by atoms with Crippen LogP contribution in [-0.2, 0) is 12.1 Å². The number of nitrogens with two attached hydrogens (primary N) is 1. The Hall–Kier alpha value is -2.11. The van der Waals surface area contributed by atoms with E-state index in [1.807, 2.05) is 37.3 Å². The van der Waals surface area contributed by atoms with Crippen LogP contribution in [-0.4, -0.2) is 10.9 Å². The monoisotopic (exact) mass is 397 g/mol. The number of hydrogen-bond acceptors (Lipinski definition) is 2. The molecule has 0 aliphatic heterocycles. The number of fused-ring (bicyclic) bond motifs is 1. The van der Waals surface area contributed by atoms with Crippen molar-refractivity contribution in [3.05, 3.63) is 69.3 Å². The lowest BCUT2D eigenvalue weighted by Crippen LogP contribution is -2.35. The number of halogens is 1. The van der Waals surface area contributed by atoms with Crippen molar-refractivity contribution >= 4 is 32.7 Å². The number of aryl methyl sites for hydroxylation is 1. The fraction of sp³-hybridized carbons (Fsp3) is 0.250. The molecule has 2 aromatic carbocycles. The predicted molar refractivity (Wildman–Crippen MR) is 103 cm³/mol. The topological polar surface area (TPSA) is 70.9 Å². The number of rotatable bonds is 4. The summed E-state index contributed by atoms with van der Waals surface area (Å²) in [5.41, 5.74) is 10.2. The van der Waals surface area contributed by atoms with Gasteiger partial charge in [-0.3, -0.25) is 4.79 Å². The maximum atomic E-state index is 12.9. The fourth-order valence-corrected chi connectivity index (χ4v) is 3.79. The molecule has 0 atom stereocenters. The van der Waals surface area contributed by atoms with Crippen LogP contribution < -0.4 is 11.1 Å². The van der Waals surface area contributed by atoms with E-state index in [9.17, 15) is 4.79 Å². The van der Waals surface area contributed by atoms with E-state index in [0.29, 0.717) is 12.1 Å². The van der Waals surface area contributed by atoms with E-state index in [4.69, 9.17) is 5.73 Å². The van der Waals surface area contributed by atoms with Gasteiger partial charge in [0.15, 0.2) is 0 Å². The summed E-state index contributed by atoms with van der Waals surface area (Å²) in [6.07, 6.45) is 1.94. The minimum atomic E-state index is -0.236. The molecule has 0 radical (unpaired) electrons. The Morgan fingerprint density at radius 1 is 1.28 bits per heavy atom. The number of aromatic nitrogens is 1. The first-order valence-corrected chi connectivity index (χ1v) is 9.21. The fourth-order valence-electron chi connectivity index (χ4n) is 3.39. The van der Waals surface area contributed by atoms with Gasteiger partial charge in [0.25, 0.3) is 5.91 Å². The SMILES string of the molecule is Cc1cc2cc(CN)[nH]c2cc1C(=O)NC1(c2cccc(Br)c2)CC1. The molecule has 0 saturated heterocycles. The normalized spacial score (nSPS) is 15.3. The summed E-state index contributed by atoms with van der Waals surface area (Å²) in [5.74, 6) is -0.0271. The summed E-state index contributed by atoms with van der Waals surface area (Å²) < 4.78 is 1.03. The summed E-state index contributed by atoms with van der Waals surface area (Å²) >= 11 is 3.51. The van der Waals surface area contributed by atoms with Crippen LogP contribution in [0.3, 0.4) is 0 Å². The van der Waals surface area contributed by atoms with E-state index < -0.39 is 0 Å². The first kappa shape index (κ1) is 16.4. The molecule has 1 aliphatic rings. The second-order valence-corrected chi connectivity index (χ2v) is 7.72. The van der Waals surface area contributed by atoms with Crippen LogP contribution in [0.2, 0.25) is 0 Å². The number of hydrogen-bond donors (Lipinski definition) is 3. The Balaban J connectivity index is 1.65. The predicted octanol–water partition coefficient (Wildman–Crippen LogP) is 4.12. The standard InChI is InChI=1S/C20H20BrN3O/c1-12-7-13-8-16(11-22)23-18(13)10-17(12)19(25)24-20(5-6-20)14-3-2-4-15(21)9-14/h2-4,7-10,23H,5-6,11,22H2,1H3,(H,24,25). The minimum Gasteiger partial charge on any atom is -0.357 e. The number of aromatic amines is 1. The largest absolute Gasteiger partial charge is 0.357 e. The number of nitrogens with one attached hydrogen (secondary N) is 2. The molecule has 1 saturated carbocycles. The lowest BCUT2D eigenvalue weighted by atomic mass is 10.0.